The standard InChI is InChI=1S/C78H62O12/c79-76(52-28-34-61(35-29-52)82-40-13-43-85-73-67-22-7-1-16-55(67)46-56-17-2-8-23-68(56)73)88-64-49-65(89-77(80)53-30-36-62(37-31-53)83-41-14-44-86-74-69-24-9-3-18-57(69)47-58-19-4-10-25-70(58)74)51-66(50-64)90-78(81)54-32-38-63(39-33-54)84-42-15-45-87-75-71-26-11-5-20-59(71)48-60-21-6-12-27-72(60)75/h1-5,7-12,16-20,22-39,46-51H,6,13-15,21,40-45H2. The normalized spacial score (nSPS) is 11.7. The third kappa shape index (κ3) is 13.5. The fraction of sp³-hybridized carbons (Fsp3) is 0.141. The van der Waals surface area contributed by atoms with E-state index in [-0.39, 0.29) is 33.9 Å². The van der Waals surface area contributed by atoms with Gasteiger partial charge < -0.3 is 42.6 Å². The lowest BCUT2D eigenvalue weighted by Gasteiger charge is -2.18. The number of esters is 3. The summed E-state index contributed by atoms with van der Waals surface area (Å²) in [5.74, 6) is 1.98. The molecule has 1 aliphatic carbocycles. The van der Waals surface area contributed by atoms with E-state index in [4.69, 9.17) is 42.6 Å². The van der Waals surface area contributed by atoms with Gasteiger partial charge in [0.2, 0.25) is 0 Å². The maximum absolute atomic E-state index is 13.7. The molecule has 0 unspecified atom stereocenters. The zero-order chi connectivity index (χ0) is 61.0. The molecular weight excluding hydrogens is 1130 g/mol. The van der Waals surface area contributed by atoms with E-state index in [1.54, 1.807) is 72.8 Å². The van der Waals surface area contributed by atoms with E-state index >= 15 is 0 Å². The van der Waals surface area contributed by atoms with Gasteiger partial charge in [-0.15, -0.1) is 0 Å². The molecule has 0 N–H and O–H groups in total. The zero-order valence-electron chi connectivity index (χ0n) is 49.3. The second-order valence-electron chi connectivity index (χ2n) is 21.8. The highest BCUT2D eigenvalue weighted by Gasteiger charge is 2.20. The van der Waals surface area contributed by atoms with Gasteiger partial charge >= 0.3 is 17.9 Å². The van der Waals surface area contributed by atoms with Gasteiger partial charge in [0.15, 0.2) is 0 Å². The number of allylic oxidation sites excluding steroid dienone is 1. The van der Waals surface area contributed by atoms with Crippen LogP contribution in [0.2, 0.25) is 0 Å². The van der Waals surface area contributed by atoms with E-state index in [2.05, 4.69) is 91.0 Å². The molecule has 0 amide bonds. The van der Waals surface area contributed by atoms with E-state index in [0.717, 1.165) is 89.5 Å². The average Bonchev–Trinajstić information content (AvgIpc) is 1.17. The SMILES string of the molecule is O=C(Oc1cc(OC(=O)c2ccc(OCCCOc3c4ccccc4cc4ccccc34)cc2)cc(OC(=O)c2ccc(OCCCOc3c4ccccc4cc4ccccc34)cc2)c1)c1ccc(OCCCOc2c3c(cc4ccccc24)CCC=C3)cc1. The first-order chi connectivity index (χ1) is 44.3. The maximum Gasteiger partial charge on any atom is 0.343 e. The summed E-state index contributed by atoms with van der Waals surface area (Å²) >= 11 is 0. The van der Waals surface area contributed by atoms with Crippen molar-refractivity contribution in [2.75, 3.05) is 39.6 Å². The van der Waals surface area contributed by atoms with Crippen molar-refractivity contribution >= 4 is 77.8 Å². The van der Waals surface area contributed by atoms with Crippen LogP contribution in [0, 0.1) is 0 Å². The summed E-state index contributed by atoms with van der Waals surface area (Å²) in [7, 11) is 0. The van der Waals surface area contributed by atoms with Gasteiger partial charge in [0.25, 0.3) is 0 Å². The predicted molar refractivity (Wildman–Crippen MR) is 352 cm³/mol. The first-order valence-corrected chi connectivity index (χ1v) is 30.2. The van der Waals surface area contributed by atoms with E-state index in [9.17, 15) is 14.4 Å². The molecule has 0 radical (unpaired) electrons. The van der Waals surface area contributed by atoms with Crippen LogP contribution in [0.3, 0.4) is 0 Å². The second kappa shape index (κ2) is 27.3. The molecule has 0 fully saturated rings. The number of carbonyl (C=O) groups is 3. The molecule has 0 aromatic heterocycles. The molecule has 12 aromatic carbocycles. The van der Waals surface area contributed by atoms with Crippen LogP contribution in [0.1, 0.15) is 67.9 Å². The van der Waals surface area contributed by atoms with Crippen molar-refractivity contribution in [3.63, 3.8) is 0 Å². The summed E-state index contributed by atoms with van der Waals surface area (Å²) in [6.45, 7) is 2.47. The number of fused-ring (bicyclic) bond motifs is 6. The first kappa shape index (κ1) is 57.9. The van der Waals surface area contributed by atoms with Gasteiger partial charge in [0.05, 0.1) is 56.3 Å². The Morgan fingerprint density at radius 2 is 0.600 bits per heavy atom. The Kier molecular flexibility index (Phi) is 17.6. The van der Waals surface area contributed by atoms with Crippen LogP contribution in [-0.4, -0.2) is 57.5 Å². The van der Waals surface area contributed by atoms with Crippen molar-refractivity contribution in [1.82, 2.24) is 0 Å². The molecule has 12 aromatic rings. The largest absolute Gasteiger partial charge is 0.493 e. The van der Waals surface area contributed by atoms with Crippen LogP contribution in [0.25, 0.3) is 59.9 Å². The fourth-order valence-electron chi connectivity index (χ4n) is 11.2. The number of hydrogen-bond acceptors (Lipinski definition) is 12. The van der Waals surface area contributed by atoms with Crippen molar-refractivity contribution in [3.05, 3.63) is 264 Å². The molecule has 0 bridgehead atoms. The fourth-order valence-corrected chi connectivity index (χ4v) is 11.2. The number of aryl methyl sites for hydroxylation is 1. The zero-order valence-corrected chi connectivity index (χ0v) is 49.3. The van der Waals surface area contributed by atoms with Gasteiger partial charge in [0, 0.05) is 70.0 Å². The summed E-state index contributed by atoms with van der Waals surface area (Å²) in [6.07, 6.45) is 8.19. The number of ether oxygens (including phenoxy) is 9. The first-order valence-electron chi connectivity index (χ1n) is 30.2. The third-order valence-corrected chi connectivity index (χ3v) is 15.6. The predicted octanol–water partition coefficient (Wildman–Crippen LogP) is 17.6. The van der Waals surface area contributed by atoms with Gasteiger partial charge in [-0.3, -0.25) is 0 Å². The summed E-state index contributed by atoms with van der Waals surface area (Å²) in [6, 6.07) is 71.4. The van der Waals surface area contributed by atoms with Crippen molar-refractivity contribution in [2.24, 2.45) is 0 Å². The lowest BCUT2D eigenvalue weighted by Crippen LogP contribution is -2.12. The minimum absolute atomic E-state index is 0.0425. The van der Waals surface area contributed by atoms with E-state index < -0.39 is 17.9 Å². The number of rotatable bonds is 24. The van der Waals surface area contributed by atoms with Crippen LogP contribution >= 0.6 is 0 Å². The van der Waals surface area contributed by atoms with Crippen LogP contribution < -0.4 is 42.6 Å². The van der Waals surface area contributed by atoms with Gasteiger partial charge in [0.1, 0.15) is 51.7 Å². The minimum Gasteiger partial charge on any atom is -0.493 e. The molecule has 0 spiro atoms. The van der Waals surface area contributed by atoms with E-state index in [1.807, 2.05) is 60.7 Å². The van der Waals surface area contributed by atoms with Crippen molar-refractivity contribution in [2.45, 2.75) is 32.1 Å². The van der Waals surface area contributed by atoms with Gasteiger partial charge in [-0.2, -0.15) is 0 Å². The molecule has 90 heavy (non-hydrogen) atoms. The van der Waals surface area contributed by atoms with Crippen molar-refractivity contribution in [1.29, 1.82) is 0 Å². The van der Waals surface area contributed by atoms with Crippen LogP contribution in [0.5, 0.6) is 51.7 Å². The maximum atomic E-state index is 13.7. The highest BCUT2D eigenvalue weighted by atomic mass is 16.6. The van der Waals surface area contributed by atoms with E-state index in [1.165, 1.54) is 23.8 Å². The van der Waals surface area contributed by atoms with Gasteiger partial charge in [-0.25, -0.2) is 14.4 Å². The van der Waals surface area contributed by atoms with Crippen molar-refractivity contribution in [3.8, 4) is 51.7 Å². The van der Waals surface area contributed by atoms with Crippen LogP contribution in [0.4, 0.5) is 0 Å². The summed E-state index contributed by atoms with van der Waals surface area (Å²) in [5.41, 5.74) is 3.09. The van der Waals surface area contributed by atoms with Crippen molar-refractivity contribution < 1.29 is 57.0 Å². The van der Waals surface area contributed by atoms with Crippen LogP contribution in [0.15, 0.2) is 237 Å². The summed E-state index contributed by atoms with van der Waals surface area (Å²) < 4.78 is 54.8. The lowest BCUT2D eigenvalue weighted by molar-refractivity contribution is 0.0730. The Bertz CT molecular complexity index is 4300. The minimum atomic E-state index is -0.714. The Labute approximate surface area is 520 Å². The number of carbonyl (C=O) groups excluding carboxylic acids is 3. The molecule has 0 heterocycles. The third-order valence-electron chi connectivity index (χ3n) is 15.6. The molecule has 446 valence electrons. The number of benzene rings is 12. The molecular formula is C78H62O12. The molecule has 12 nitrogen and oxygen atoms in total. The molecule has 13 rings (SSSR count). The second-order valence-corrected chi connectivity index (χ2v) is 21.8. The average molecular weight is 1190 g/mol. The molecule has 0 atom stereocenters. The molecule has 0 saturated heterocycles. The van der Waals surface area contributed by atoms with Gasteiger partial charge in [-0.1, -0.05) is 140 Å². The smallest absolute Gasteiger partial charge is 0.343 e. The highest BCUT2D eigenvalue weighted by molar-refractivity contribution is 6.06. The highest BCUT2D eigenvalue weighted by Crippen LogP contribution is 2.39. The Morgan fingerprint density at radius 3 is 0.956 bits per heavy atom. The Balaban J connectivity index is 0.634. The molecule has 1 aliphatic rings. The molecule has 12 heteroatoms. The van der Waals surface area contributed by atoms with Gasteiger partial charge in [-0.05, 0) is 130 Å². The lowest BCUT2D eigenvalue weighted by atomic mass is 9.92. The summed E-state index contributed by atoms with van der Waals surface area (Å²) in [5, 5.41) is 10.9. The monoisotopic (exact) mass is 1190 g/mol. The topological polar surface area (TPSA) is 134 Å². The van der Waals surface area contributed by atoms with Crippen LogP contribution in [-0.2, 0) is 6.42 Å². The molecule has 0 aliphatic heterocycles. The molecule has 0 saturated carbocycles. The Morgan fingerprint density at radius 1 is 0.300 bits per heavy atom. The summed E-state index contributed by atoms with van der Waals surface area (Å²) in [4.78, 5) is 41.2. The van der Waals surface area contributed by atoms with E-state index in [0.29, 0.717) is 76.2 Å². The number of hydrogen-bond donors (Lipinski definition) is 0. The quantitative estimate of drug-likeness (QED) is 0.0247. The Hall–Kier alpha value is -11.1.